The molecular formula is C15H11FO3. The van der Waals surface area contributed by atoms with Gasteiger partial charge in [0.2, 0.25) is 0 Å². The Kier molecular flexibility index (Phi) is 3.42. The van der Waals surface area contributed by atoms with Crippen molar-refractivity contribution in [1.82, 2.24) is 0 Å². The molecule has 3 nitrogen and oxygen atoms in total. The minimum atomic E-state index is -1.04. The molecule has 0 aliphatic heterocycles. The standard InChI is InChI=1S/C15H11FO3/c1-9(17)12-6-7-14(16)13(8-12)10-2-4-11(5-3-10)15(18)19/h2-8H,1H3,(H,18,19). The molecule has 0 aliphatic rings. The fourth-order valence-electron chi connectivity index (χ4n) is 1.76. The molecule has 4 heteroatoms. The molecule has 2 aromatic carbocycles. The van der Waals surface area contributed by atoms with Gasteiger partial charge in [0.05, 0.1) is 5.56 Å². The molecule has 1 N–H and O–H groups in total. The van der Waals surface area contributed by atoms with Crippen molar-refractivity contribution in [2.24, 2.45) is 0 Å². The maximum absolute atomic E-state index is 13.8. The minimum Gasteiger partial charge on any atom is -0.478 e. The number of hydrogen-bond donors (Lipinski definition) is 1. The highest BCUT2D eigenvalue weighted by molar-refractivity contribution is 5.95. The molecule has 0 amide bonds. The van der Waals surface area contributed by atoms with Crippen molar-refractivity contribution in [3.8, 4) is 11.1 Å². The van der Waals surface area contributed by atoms with E-state index in [1.807, 2.05) is 0 Å². The number of Topliss-reactive ketones (excluding diaryl/α,β-unsaturated/α-hetero) is 1. The van der Waals surface area contributed by atoms with Crippen LogP contribution < -0.4 is 0 Å². The number of aromatic carboxylic acids is 1. The first kappa shape index (κ1) is 13.0. The summed E-state index contributed by atoms with van der Waals surface area (Å²) in [6, 6.07) is 9.96. The number of carboxylic acid groups (broad SMARTS) is 1. The number of hydrogen-bond acceptors (Lipinski definition) is 2. The van der Waals surface area contributed by atoms with Crippen LogP contribution in [0.5, 0.6) is 0 Å². The average Bonchev–Trinajstić information content (AvgIpc) is 2.39. The van der Waals surface area contributed by atoms with E-state index < -0.39 is 11.8 Å². The molecule has 0 atom stereocenters. The lowest BCUT2D eigenvalue weighted by Gasteiger charge is -2.06. The smallest absolute Gasteiger partial charge is 0.335 e. The molecule has 0 spiro atoms. The normalized spacial score (nSPS) is 10.2. The van der Waals surface area contributed by atoms with Gasteiger partial charge in [0.25, 0.3) is 0 Å². The lowest BCUT2D eigenvalue weighted by Crippen LogP contribution is -1.97. The second kappa shape index (κ2) is 5.02. The lowest BCUT2D eigenvalue weighted by atomic mass is 10.00. The van der Waals surface area contributed by atoms with E-state index in [0.717, 1.165) is 0 Å². The summed E-state index contributed by atoms with van der Waals surface area (Å²) in [4.78, 5) is 22.0. The van der Waals surface area contributed by atoms with Crippen molar-refractivity contribution >= 4 is 11.8 Å². The molecule has 0 heterocycles. The summed E-state index contributed by atoms with van der Waals surface area (Å²) in [6.07, 6.45) is 0. The zero-order valence-electron chi connectivity index (χ0n) is 10.2. The van der Waals surface area contributed by atoms with E-state index in [2.05, 4.69) is 0 Å². The van der Waals surface area contributed by atoms with Crippen LogP contribution in [0.25, 0.3) is 11.1 Å². The zero-order valence-corrected chi connectivity index (χ0v) is 10.2. The molecule has 2 aromatic rings. The van der Waals surface area contributed by atoms with Gasteiger partial charge in [0.15, 0.2) is 5.78 Å². The first-order valence-corrected chi connectivity index (χ1v) is 5.63. The number of carbonyl (C=O) groups is 2. The third kappa shape index (κ3) is 2.68. The van der Waals surface area contributed by atoms with E-state index in [1.54, 1.807) is 0 Å². The largest absolute Gasteiger partial charge is 0.478 e. The number of rotatable bonds is 3. The Labute approximate surface area is 109 Å². The molecule has 0 saturated carbocycles. The first-order valence-electron chi connectivity index (χ1n) is 5.63. The lowest BCUT2D eigenvalue weighted by molar-refractivity contribution is 0.0696. The summed E-state index contributed by atoms with van der Waals surface area (Å²) in [5, 5.41) is 8.80. The molecule has 0 radical (unpaired) electrons. The molecule has 0 aliphatic carbocycles. The van der Waals surface area contributed by atoms with E-state index >= 15 is 0 Å². The summed E-state index contributed by atoms with van der Waals surface area (Å²) in [6.45, 7) is 1.41. The van der Waals surface area contributed by atoms with Crippen LogP contribution in [-0.2, 0) is 0 Å². The Morgan fingerprint density at radius 3 is 2.11 bits per heavy atom. The van der Waals surface area contributed by atoms with E-state index in [9.17, 15) is 14.0 Å². The summed E-state index contributed by atoms with van der Waals surface area (Å²) in [7, 11) is 0. The highest BCUT2D eigenvalue weighted by atomic mass is 19.1. The Balaban J connectivity index is 2.48. The van der Waals surface area contributed by atoms with Gasteiger partial charge < -0.3 is 5.11 Å². The number of ketones is 1. The monoisotopic (exact) mass is 258 g/mol. The molecular weight excluding hydrogens is 247 g/mol. The minimum absolute atomic E-state index is 0.131. The Morgan fingerprint density at radius 2 is 1.58 bits per heavy atom. The number of halogens is 1. The van der Waals surface area contributed by atoms with Gasteiger partial charge in [-0.25, -0.2) is 9.18 Å². The van der Waals surface area contributed by atoms with Gasteiger partial charge in [0.1, 0.15) is 5.82 Å². The third-order valence-electron chi connectivity index (χ3n) is 2.82. The van der Waals surface area contributed by atoms with Crippen LogP contribution in [0.15, 0.2) is 42.5 Å². The molecule has 0 bridgehead atoms. The first-order chi connectivity index (χ1) is 8.99. The molecule has 2 rings (SSSR count). The van der Waals surface area contributed by atoms with Crippen molar-refractivity contribution in [2.45, 2.75) is 6.92 Å². The van der Waals surface area contributed by atoms with Gasteiger partial charge in [-0.2, -0.15) is 0 Å². The van der Waals surface area contributed by atoms with Crippen molar-refractivity contribution < 1.29 is 19.1 Å². The topological polar surface area (TPSA) is 54.4 Å². The SMILES string of the molecule is CC(=O)c1ccc(F)c(-c2ccc(C(=O)O)cc2)c1. The second-order valence-corrected chi connectivity index (χ2v) is 4.13. The van der Waals surface area contributed by atoms with Gasteiger partial charge in [-0.05, 0) is 42.8 Å². The zero-order chi connectivity index (χ0) is 14.0. The maximum atomic E-state index is 13.8. The Hall–Kier alpha value is -2.49. The van der Waals surface area contributed by atoms with Crippen molar-refractivity contribution in [3.05, 3.63) is 59.4 Å². The van der Waals surface area contributed by atoms with E-state index in [4.69, 9.17) is 5.11 Å². The molecule has 19 heavy (non-hydrogen) atoms. The predicted molar refractivity (Wildman–Crippen MR) is 68.8 cm³/mol. The van der Waals surface area contributed by atoms with Crippen LogP contribution in [-0.4, -0.2) is 16.9 Å². The van der Waals surface area contributed by atoms with Gasteiger partial charge in [-0.15, -0.1) is 0 Å². The highest BCUT2D eigenvalue weighted by Crippen LogP contribution is 2.24. The molecule has 0 unspecified atom stereocenters. The van der Waals surface area contributed by atoms with Crippen LogP contribution in [0.1, 0.15) is 27.6 Å². The molecule has 0 saturated heterocycles. The van der Waals surface area contributed by atoms with Crippen LogP contribution in [0.2, 0.25) is 0 Å². The molecule has 0 aromatic heterocycles. The van der Waals surface area contributed by atoms with Crippen molar-refractivity contribution in [3.63, 3.8) is 0 Å². The van der Waals surface area contributed by atoms with Gasteiger partial charge in [-0.1, -0.05) is 12.1 Å². The maximum Gasteiger partial charge on any atom is 0.335 e. The summed E-state index contributed by atoms with van der Waals surface area (Å²) >= 11 is 0. The Bertz CT molecular complexity index is 645. The predicted octanol–water partition coefficient (Wildman–Crippen LogP) is 3.39. The third-order valence-corrected chi connectivity index (χ3v) is 2.82. The van der Waals surface area contributed by atoms with Gasteiger partial charge in [-0.3, -0.25) is 4.79 Å². The fourth-order valence-corrected chi connectivity index (χ4v) is 1.76. The van der Waals surface area contributed by atoms with Gasteiger partial charge in [0, 0.05) is 11.1 Å². The number of carbonyl (C=O) groups excluding carboxylic acids is 1. The van der Waals surface area contributed by atoms with Crippen molar-refractivity contribution in [2.75, 3.05) is 0 Å². The van der Waals surface area contributed by atoms with E-state index in [1.165, 1.54) is 49.4 Å². The van der Waals surface area contributed by atoms with Crippen LogP contribution in [0.3, 0.4) is 0 Å². The second-order valence-electron chi connectivity index (χ2n) is 4.13. The van der Waals surface area contributed by atoms with E-state index in [0.29, 0.717) is 11.1 Å². The van der Waals surface area contributed by atoms with Crippen LogP contribution >= 0.6 is 0 Å². The summed E-state index contributed by atoms with van der Waals surface area (Å²) in [5.41, 5.74) is 1.36. The fraction of sp³-hybridized carbons (Fsp3) is 0.0667. The molecule has 0 fully saturated rings. The van der Waals surface area contributed by atoms with Crippen LogP contribution in [0.4, 0.5) is 4.39 Å². The quantitative estimate of drug-likeness (QED) is 0.858. The Morgan fingerprint density at radius 1 is 1.00 bits per heavy atom. The summed E-state index contributed by atoms with van der Waals surface area (Å²) < 4.78 is 13.8. The van der Waals surface area contributed by atoms with Gasteiger partial charge >= 0.3 is 5.97 Å². The summed E-state index contributed by atoms with van der Waals surface area (Å²) in [5.74, 6) is -1.64. The average molecular weight is 258 g/mol. The number of carboxylic acids is 1. The van der Waals surface area contributed by atoms with Crippen molar-refractivity contribution in [1.29, 1.82) is 0 Å². The number of benzene rings is 2. The molecule has 96 valence electrons. The highest BCUT2D eigenvalue weighted by Gasteiger charge is 2.09. The van der Waals surface area contributed by atoms with Crippen LogP contribution in [0, 0.1) is 5.82 Å². The van der Waals surface area contributed by atoms with E-state index in [-0.39, 0.29) is 16.9 Å².